The van der Waals surface area contributed by atoms with Crippen LogP contribution < -0.4 is 4.74 Å². The van der Waals surface area contributed by atoms with E-state index in [9.17, 15) is 4.79 Å². The SMILES string of the molecule is CC(Cl)C(=O)N1CCC(Oc2ccc(C3CC3)cn2)C1. The van der Waals surface area contributed by atoms with Crippen molar-refractivity contribution in [2.45, 2.75) is 43.6 Å². The lowest BCUT2D eigenvalue weighted by molar-refractivity contribution is -0.129. The fraction of sp³-hybridized carbons (Fsp3) is 0.600. The molecule has 0 bridgehead atoms. The lowest BCUT2D eigenvalue weighted by Crippen LogP contribution is -2.35. The lowest BCUT2D eigenvalue weighted by Gasteiger charge is -2.18. The highest BCUT2D eigenvalue weighted by molar-refractivity contribution is 6.30. The Labute approximate surface area is 124 Å². The molecule has 1 aliphatic carbocycles. The molecular formula is C15H19ClN2O2. The monoisotopic (exact) mass is 294 g/mol. The summed E-state index contributed by atoms with van der Waals surface area (Å²) < 4.78 is 5.84. The van der Waals surface area contributed by atoms with Gasteiger partial charge in [-0.05, 0) is 31.2 Å². The van der Waals surface area contributed by atoms with E-state index in [2.05, 4.69) is 11.1 Å². The molecule has 3 rings (SSSR count). The van der Waals surface area contributed by atoms with Gasteiger partial charge in [0.15, 0.2) is 0 Å². The number of nitrogens with zero attached hydrogens (tertiary/aromatic N) is 2. The quantitative estimate of drug-likeness (QED) is 0.802. The van der Waals surface area contributed by atoms with E-state index in [-0.39, 0.29) is 12.0 Å². The third-order valence-electron chi connectivity index (χ3n) is 3.89. The number of carbonyl (C=O) groups excluding carboxylic acids is 1. The third-order valence-corrected chi connectivity index (χ3v) is 4.08. The van der Waals surface area contributed by atoms with Gasteiger partial charge in [-0.25, -0.2) is 4.98 Å². The van der Waals surface area contributed by atoms with Gasteiger partial charge in [0.25, 0.3) is 0 Å². The van der Waals surface area contributed by atoms with Crippen molar-refractivity contribution < 1.29 is 9.53 Å². The molecule has 1 saturated carbocycles. The molecular weight excluding hydrogens is 276 g/mol. The van der Waals surface area contributed by atoms with E-state index in [1.807, 2.05) is 12.3 Å². The summed E-state index contributed by atoms with van der Waals surface area (Å²) in [6.45, 7) is 3.01. The van der Waals surface area contributed by atoms with Crippen LogP contribution in [0.3, 0.4) is 0 Å². The van der Waals surface area contributed by atoms with Gasteiger partial charge in [-0.15, -0.1) is 11.6 Å². The van der Waals surface area contributed by atoms with E-state index >= 15 is 0 Å². The lowest BCUT2D eigenvalue weighted by atomic mass is 10.2. The molecule has 20 heavy (non-hydrogen) atoms. The average Bonchev–Trinajstić information content (AvgIpc) is 3.19. The summed E-state index contributed by atoms with van der Waals surface area (Å²) in [5.74, 6) is 1.34. The normalized spacial score (nSPS) is 23.7. The number of hydrogen-bond donors (Lipinski definition) is 0. The Morgan fingerprint density at radius 1 is 1.45 bits per heavy atom. The molecule has 2 aliphatic rings. The minimum atomic E-state index is -0.468. The van der Waals surface area contributed by atoms with Crippen molar-refractivity contribution in [3.05, 3.63) is 23.9 Å². The van der Waals surface area contributed by atoms with E-state index in [4.69, 9.17) is 16.3 Å². The van der Waals surface area contributed by atoms with Crippen LogP contribution in [0, 0.1) is 0 Å². The van der Waals surface area contributed by atoms with Crippen LogP contribution >= 0.6 is 11.6 Å². The maximum Gasteiger partial charge on any atom is 0.240 e. The number of amides is 1. The first-order valence-electron chi connectivity index (χ1n) is 7.19. The fourth-order valence-electron chi connectivity index (χ4n) is 2.57. The van der Waals surface area contributed by atoms with Crippen LogP contribution in [0.4, 0.5) is 0 Å². The largest absolute Gasteiger partial charge is 0.472 e. The number of likely N-dealkylation sites (tertiary alicyclic amines) is 1. The highest BCUT2D eigenvalue weighted by Crippen LogP contribution is 2.39. The highest BCUT2D eigenvalue weighted by atomic mass is 35.5. The number of rotatable bonds is 4. The van der Waals surface area contributed by atoms with E-state index in [1.54, 1.807) is 11.8 Å². The number of hydrogen-bond acceptors (Lipinski definition) is 3. The molecule has 2 heterocycles. The van der Waals surface area contributed by atoms with Gasteiger partial charge in [-0.2, -0.15) is 0 Å². The van der Waals surface area contributed by atoms with Crippen LogP contribution in [0.15, 0.2) is 18.3 Å². The first-order chi connectivity index (χ1) is 9.63. The molecule has 1 aromatic heterocycles. The van der Waals surface area contributed by atoms with Crippen LogP contribution in [0.5, 0.6) is 5.88 Å². The zero-order valence-electron chi connectivity index (χ0n) is 11.6. The summed E-state index contributed by atoms with van der Waals surface area (Å²) >= 11 is 5.82. The van der Waals surface area contributed by atoms with Crippen LogP contribution in [-0.4, -0.2) is 40.4 Å². The molecule has 1 saturated heterocycles. The van der Waals surface area contributed by atoms with Gasteiger partial charge in [-0.1, -0.05) is 6.07 Å². The Bertz CT molecular complexity index is 485. The smallest absolute Gasteiger partial charge is 0.240 e. The van der Waals surface area contributed by atoms with Crippen molar-refractivity contribution in [3.63, 3.8) is 0 Å². The van der Waals surface area contributed by atoms with Gasteiger partial charge in [0, 0.05) is 25.2 Å². The molecule has 4 nitrogen and oxygen atoms in total. The molecule has 5 heteroatoms. The molecule has 2 atom stereocenters. The summed E-state index contributed by atoms with van der Waals surface area (Å²) in [5.41, 5.74) is 1.30. The topological polar surface area (TPSA) is 42.4 Å². The van der Waals surface area contributed by atoms with Crippen molar-refractivity contribution in [1.29, 1.82) is 0 Å². The summed E-state index contributed by atoms with van der Waals surface area (Å²) in [4.78, 5) is 17.9. The number of carbonyl (C=O) groups is 1. The predicted octanol–water partition coefficient (Wildman–Crippen LogP) is 2.57. The van der Waals surface area contributed by atoms with E-state index in [0.717, 1.165) is 6.42 Å². The number of alkyl halides is 1. The number of pyridine rings is 1. The van der Waals surface area contributed by atoms with Crippen LogP contribution in [0.1, 0.15) is 37.7 Å². The molecule has 1 aliphatic heterocycles. The summed E-state index contributed by atoms with van der Waals surface area (Å²) in [7, 11) is 0. The van der Waals surface area contributed by atoms with Gasteiger partial charge in [0.2, 0.25) is 11.8 Å². The standard InChI is InChI=1S/C15H19ClN2O2/c1-10(16)15(19)18-7-6-13(9-18)20-14-5-4-12(8-17-14)11-2-3-11/h4-5,8,10-11,13H,2-3,6-7,9H2,1H3. The minimum Gasteiger partial charge on any atom is -0.472 e. The second-order valence-corrected chi connectivity index (χ2v) is 6.29. The zero-order chi connectivity index (χ0) is 14.1. The van der Waals surface area contributed by atoms with Gasteiger partial charge < -0.3 is 9.64 Å². The minimum absolute atomic E-state index is 0.0187. The van der Waals surface area contributed by atoms with E-state index < -0.39 is 5.38 Å². The van der Waals surface area contributed by atoms with Crippen molar-refractivity contribution >= 4 is 17.5 Å². The summed E-state index contributed by atoms with van der Waals surface area (Å²) in [6, 6.07) is 4.03. The molecule has 0 spiro atoms. The first-order valence-corrected chi connectivity index (χ1v) is 7.62. The molecule has 108 valence electrons. The van der Waals surface area contributed by atoms with Crippen LogP contribution in [-0.2, 0) is 4.79 Å². The van der Waals surface area contributed by atoms with E-state index in [1.165, 1.54) is 18.4 Å². The highest BCUT2D eigenvalue weighted by Gasteiger charge is 2.30. The van der Waals surface area contributed by atoms with Crippen LogP contribution in [0.25, 0.3) is 0 Å². The average molecular weight is 295 g/mol. The van der Waals surface area contributed by atoms with E-state index in [0.29, 0.717) is 24.9 Å². The molecule has 0 radical (unpaired) electrons. The molecule has 2 fully saturated rings. The van der Waals surface area contributed by atoms with Gasteiger partial charge in [0.05, 0.1) is 6.54 Å². The van der Waals surface area contributed by atoms with Gasteiger partial charge in [-0.3, -0.25) is 4.79 Å². The third kappa shape index (κ3) is 3.06. The Balaban J connectivity index is 1.54. The van der Waals surface area contributed by atoms with Crippen molar-refractivity contribution in [1.82, 2.24) is 9.88 Å². The molecule has 1 amide bonds. The second-order valence-electron chi connectivity index (χ2n) is 5.63. The maximum atomic E-state index is 11.8. The number of aromatic nitrogens is 1. The molecule has 0 N–H and O–H groups in total. The fourth-order valence-corrected chi connectivity index (χ4v) is 2.70. The van der Waals surface area contributed by atoms with Crippen molar-refractivity contribution in [2.75, 3.05) is 13.1 Å². The second kappa shape index (κ2) is 5.60. The molecule has 1 aromatic rings. The Hall–Kier alpha value is -1.29. The van der Waals surface area contributed by atoms with Crippen LogP contribution in [0.2, 0.25) is 0 Å². The zero-order valence-corrected chi connectivity index (χ0v) is 12.3. The Kier molecular flexibility index (Phi) is 3.83. The predicted molar refractivity (Wildman–Crippen MR) is 77.1 cm³/mol. The van der Waals surface area contributed by atoms with Crippen molar-refractivity contribution in [2.24, 2.45) is 0 Å². The Morgan fingerprint density at radius 3 is 2.85 bits per heavy atom. The summed E-state index contributed by atoms with van der Waals surface area (Å²) in [5, 5.41) is -0.468. The first kappa shape index (κ1) is 13.7. The Morgan fingerprint density at radius 2 is 2.25 bits per heavy atom. The van der Waals surface area contributed by atoms with Gasteiger partial charge >= 0.3 is 0 Å². The number of ether oxygens (including phenoxy) is 1. The van der Waals surface area contributed by atoms with Crippen molar-refractivity contribution in [3.8, 4) is 5.88 Å². The molecule has 0 aromatic carbocycles. The number of halogens is 1. The summed E-state index contributed by atoms with van der Waals surface area (Å²) in [6.07, 6.45) is 5.32. The van der Waals surface area contributed by atoms with Gasteiger partial charge in [0.1, 0.15) is 11.5 Å². The maximum absolute atomic E-state index is 11.8. The molecule has 2 unspecified atom stereocenters.